The quantitative estimate of drug-likeness (QED) is 0.644. The van der Waals surface area contributed by atoms with E-state index >= 15 is 0 Å². The highest BCUT2D eigenvalue weighted by molar-refractivity contribution is 5.59. The summed E-state index contributed by atoms with van der Waals surface area (Å²) in [7, 11) is 0. The predicted molar refractivity (Wildman–Crippen MR) is 52.4 cm³/mol. The lowest BCUT2D eigenvalue weighted by molar-refractivity contribution is -0.217. The highest BCUT2D eigenvalue weighted by Crippen LogP contribution is 2.03. The van der Waals surface area contributed by atoms with Gasteiger partial charge < -0.3 is 19.1 Å². The van der Waals surface area contributed by atoms with Crippen molar-refractivity contribution in [2.75, 3.05) is 52.6 Å². The normalized spacial score (nSPS) is 24.0. The summed E-state index contributed by atoms with van der Waals surface area (Å²) in [6.45, 7) is 4.62. The van der Waals surface area contributed by atoms with Gasteiger partial charge in [0.25, 0.3) is 0 Å². The van der Waals surface area contributed by atoms with E-state index in [0.29, 0.717) is 52.6 Å². The van der Waals surface area contributed by atoms with Crippen LogP contribution in [0, 0.1) is 0 Å². The largest absolute Gasteiger partial charge is 0.547 e. The van der Waals surface area contributed by atoms with E-state index in [1.807, 2.05) is 0 Å². The Morgan fingerprint density at radius 1 is 0.812 bits per heavy atom. The molecule has 0 amide bonds. The van der Waals surface area contributed by atoms with Crippen LogP contribution in [0.1, 0.15) is 0 Å². The molecule has 0 unspecified atom stereocenters. The summed E-state index contributed by atoms with van der Waals surface area (Å²) in [6.07, 6.45) is -0.691. The molecule has 16 heavy (non-hydrogen) atoms. The minimum Gasteiger partial charge on any atom is -0.379 e. The fraction of sp³-hybridized carbons (Fsp3) is 0.889. The van der Waals surface area contributed by atoms with Crippen molar-refractivity contribution < 1.29 is 23.9 Å². The van der Waals surface area contributed by atoms with Crippen LogP contribution in [0.2, 0.25) is 0 Å². The Bertz CT molecular complexity index is 204. The maximum Gasteiger partial charge on any atom is 0.547 e. The Kier molecular flexibility index (Phi) is 4.34. The van der Waals surface area contributed by atoms with E-state index in [2.05, 4.69) is 0 Å². The van der Waals surface area contributed by atoms with Crippen LogP contribution in [0.25, 0.3) is 0 Å². The minimum atomic E-state index is -0.691. The molecular formula is C9H16N2O5. The molecule has 2 heterocycles. The molecule has 0 atom stereocenters. The highest BCUT2D eigenvalue weighted by Gasteiger charge is 2.20. The zero-order valence-corrected chi connectivity index (χ0v) is 9.09. The summed E-state index contributed by atoms with van der Waals surface area (Å²) in [6, 6.07) is 0. The number of nitrogens with zero attached hydrogens (tertiary/aromatic N) is 2. The molecule has 7 nitrogen and oxygen atoms in total. The summed E-state index contributed by atoms with van der Waals surface area (Å²) in [5, 5.41) is 3.10. The van der Waals surface area contributed by atoms with E-state index < -0.39 is 6.16 Å². The number of carbonyl (C=O) groups is 1. The smallest absolute Gasteiger partial charge is 0.379 e. The first kappa shape index (κ1) is 11.6. The number of hydroxylamine groups is 4. The van der Waals surface area contributed by atoms with Gasteiger partial charge in [0.15, 0.2) is 0 Å². The molecule has 0 aromatic rings. The van der Waals surface area contributed by atoms with Crippen LogP contribution < -0.4 is 0 Å². The molecule has 2 aliphatic rings. The molecule has 2 rings (SSSR count). The minimum absolute atomic E-state index is 0.574. The molecule has 0 spiro atoms. The van der Waals surface area contributed by atoms with Gasteiger partial charge in [0, 0.05) is 0 Å². The van der Waals surface area contributed by atoms with Crippen LogP contribution >= 0.6 is 0 Å². The van der Waals surface area contributed by atoms with Gasteiger partial charge in [-0.1, -0.05) is 0 Å². The summed E-state index contributed by atoms with van der Waals surface area (Å²) in [5.41, 5.74) is 0. The maximum absolute atomic E-state index is 11.4. The van der Waals surface area contributed by atoms with Crippen molar-refractivity contribution >= 4 is 6.16 Å². The molecule has 0 aromatic carbocycles. The number of ether oxygens (including phenoxy) is 2. The van der Waals surface area contributed by atoms with E-state index in [4.69, 9.17) is 19.1 Å². The molecule has 0 bridgehead atoms. The monoisotopic (exact) mass is 232 g/mol. The molecule has 0 radical (unpaired) electrons. The first-order chi connectivity index (χ1) is 7.84. The first-order valence-electron chi connectivity index (χ1n) is 5.40. The Hall–Kier alpha value is -0.890. The summed E-state index contributed by atoms with van der Waals surface area (Å²) >= 11 is 0. The standard InChI is InChI=1S/C9H16N2O5/c12-9(15-10-1-5-13-6-2-10)16-11-3-7-14-8-4-11/h1-8H2. The van der Waals surface area contributed by atoms with E-state index in [1.165, 1.54) is 0 Å². The van der Waals surface area contributed by atoms with Gasteiger partial charge in [0.1, 0.15) is 0 Å². The molecule has 7 heteroatoms. The van der Waals surface area contributed by atoms with Crippen molar-refractivity contribution in [1.82, 2.24) is 10.1 Å². The number of carbonyl (C=O) groups excluding carboxylic acids is 1. The zero-order chi connectivity index (χ0) is 11.2. The fourth-order valence-electron chi connectivity index (χ4n) is 1.50. The summed E-state index contributed by atoms with van der Waals surface area (Å²) < 4.78 is 10.3. The molecule has 0 N–H and O–H groups in total. The fourth-order valence-corrected chi connectivity index (χ4v) is 1.50. The topological polar surface area (TPSA) is 60.5 Å². The van der Waals surface area contributed by atoms with E-state index in [1.54, 1.807) is 10.1 Å². The second-order valence-corrected chi connectivity index (χ2v) is 3.52. The number of hydrogen-bond acceptors (Lipinski definition) is 7. The second-order valence-electron chi connectivity index (χ2n) is 3.52. The number of rotatable bonds is 2. The third-order valence-electron chi connectivity index (χ3n) is 2.35. The average molecular weight is 232 g/mol. The lowest BCUT2D eigenvalue weighted by Crippen LogP contribution is -2.42. The molecule has 0 aromatic heterocycles. The highest BCUT2D eigenvalue weighted by atomic mass is 16.9. The molecule has 2 saturated heterocycles. The number of morpholine rings is 2. The molecule has 2 aliphatic heterocycles. The Balaban J connectivity index is 1.66. The van der Waals surface area contributed by atoms with E-state index in [9.17, 15) is 4.79 Å². The zero-order valence-electron chi connectivity index (χ0n) is 9.09. The molecular weight excluding hydrogens is 216 g/mol. The molecule has 2 fully saturated rings. The SMILES string of the molecule is O=C(ON1CCOCC1)ON1CCOCC1. The van der Waals surface area contributed by atoms with Crippen molar-refractivity contribution in [1.29, 1.82) is 0 Å². The predicted octanol–water partition coefficient (Wildman–Crippen LogP) is -0.366. The lowest BCUT2D eigenvalue weighted by atomic mass is 10.5. The van der Waals surface area contributed by atoms with E-state index in [0.717, 1.165) is 0 Å². The maximum atomic E-state index is 11.4. The van der Waals surface area contributed by atoms with Crippen LogP contribution in [-0.4, -0.2) is 68.9 Å². The van der Waals surface area contributed by atoms with Crippen molar-refractivity contribution in [2.24, 2.45) is 0 Å². The van der Waals surface area contributed by atoms with Gasteiger partial charge in [-0.05, 0) is 0 Å². The first-order valence-corrected chi connectivity index (χ1v) is 5.40. The van der Waals surface area contributed by atoms with Gasteiger partial charge in [0.2, 0.25) is 0 Å². The van der Waals surface area contributed by atoms with Gasteiger partial charge in [-0.25, -0.2) is 0 Å². The van der Waals surface area contributed by atoms with Crippen LogP contribution in [0.3, 0.4) is 0 Å². The van der Waals surface area contributed by atoms with Gasteiger partial charge in [-0.3, -0.25) is 0 Å². The number of hydrogen-bond donors (Lipinski definition) is 0. The van der Waals surface area contributed by atoms with Gasteiger partial charge in [-0.15, -0.1) is 10.1 Å². The van der Waals surface area contributed by atoms with Crippen LogP contribution in [0.4, 0.5) is 4.79 Å². The van der Waals surface area contributed by atoms with Crippen molar-refractivity contribution in [2.45, 2.75) is 0 Å². The summed E-state index contributed by atoms with van der Waals surface area (Å²) in [5.74, 6) is 0. The molecule has 0 saturated carbocycles. The average Bonchev–Trinajstić information content (AvgIpc) is 2.31. The van der Waals surface area contributed by atoms with Crippen molar-refractivity contribution in [3.63, 3.8) is 0 Å². The van der Waals surface area contributed by atoms with Crippen LogP contribution in [0.5, 0.6) is 0 Å². The lowest BCUT2D eigenvalue weighted by Gasteiger charge is -2.27. The Labute approximate surface area is 93.7 Å². The van der Waals surface area contributed by atoms with Crippen LogP contribution in [-0.2, 0) is 19.1 Å². The van der Waals surface area contributed by atoms with Gasteiger partial charge in [0.05, 0.1) is 52.6 Å². The van der Waals surface area contributed by atoms with Crippen LogP contribution in [0.15, 0.2) is 0 Å². The van der Waals surface area contributed by atoms with Gasteiger partial charge in [-0.2, -0.15) is 4.79 Å². The van der Waals surface area contributed by atoms with Crippen molar-refractivity contribution in [3.8, 4) is 0 Å². The molecule has 92 valence electrons. The van der Waals surface area contributed by atoms with Gasteiger partial charge >= 0.3 is 6.16 Å². The Morgan fingerprint density at radius 3 is 1.56 bits per heavy atom. The van der Waals surface area contributed by atoms with Crippen molar-refractivity contribution in [3.05, 3.63) is 0 Å². The third kappa shape index (κ3) is 3.60. The molecule has 0 aliphatic carbocycles. The second kappa shape index (κ2) is 6.00. The Morgan fingerprint density at radius 2 is 1.19 bits per heavy atom. The van der Waals surface area contributed by atoms with E-state index in [-0.39, 0.29) is 0 Å². The summed E-state index contributed by atoms with van der Waals surface area (Å²) in [4.78, 5) is 21.4. The third-order valence-corrected chi connectivity index (χ3v) is 2.35.